The van der Waals surface area contributed by atoms with Crippen LogP contribution in [0.1, 0.15) is 49.5 Å². The summed E-state index contributed by atoms with van der Waals surface area (Å²) in [7, 11) is 1.63. The second-order valence-corrected chi connectivity index (χ2v) is 4.80. The van der Waals surface area contributed by atoms with Gasteiger partial charge in [0.2, 0.25) is 5.91 Å². The third-order valence-electron chi connectivity index (χ3n) is 3.41. The first-order valence-electron chi connectivity index (χ1n) is 6.42. The lowest BCUT2D eigenvalue weighted by atomic mass is 9.95. The van der Waals surface area contributed by atoms with Crippen LogP contribution in [0.25, 0.3) is 0 Å². The maximum atomic E-state index is 11.0. The Bertz CT molecular complexity index is 410. The van der Waals surface area contributed by atoms with Gasteiger partial charge in [-0.3, -0.25) is 4.79 Å². The Morgan fingerprint density at radius 2 is 2.17 bits per heavy atom. The van der Waals surface area contributed by atoms with Gasteiger partial charge in [0.25, 0.3) is 0 Å². The van der Waals surface area contributed by atoms with Crippen molar-refractivity contribution >= 4 is 5.91 Å². The molecule has 100 valence electrons. The molecular weight excluding hydrogens is 232 g/mol. The summed E-state index contributed by atoms with van der Waals surface area (Å²) in [6.07, 6.45) is 6.11. The highest BCUT2D eigenvalue weighted by molar-refractivity contribution is 5.76. The molecule has 0 radical (unpaired) electrons. The number of nitrogens with zero attached hydrogens (tertiary/aromatic N) is 3. The number of hydrogen-bond donors (Lipinski definition) is 1. The summed E-state index contributed by atoms with van der Waals surface area (Å²) >= 11 is 0. The minimum Gasteiger partial charge on any atom is -0.378 e. The fraction of sp³-hybridized carbons (Fsp3) is 0.750. The largest absolute Gasteiger partial charge is 0.378 e. The summed E-state index contributed by atoms with van der Waals surface area (Å²) < 4.78 is 7.12. The standard InChI is InChI=1S/C12H20N4O2/c1-18-8-11-10(7-12(13)17)14-15-16(11)9-5-3-2-4-6-9/h9H,2-8H2,1H3,(H2,13,17). The van der Waals surface area contributed by atoms with Gasteiger partial charge in [-0.25, -0.2) is 4.68 Å². The van der Waals surface area contributed by atoms with E-state index in [4.69, 9.17) is 10.5 Å². The van der Waals surface area contributed by atoms with E-state index in [1.165, 1.54) is 19.3 Å². The predicted molar refractivity (Wildman–Crippen MR) is 65.8 cm³/mol. The highest BCUT2D eigenvalue weighted by Crippen LogP contribution is 2.29. The number of carbonyl (C=O) groups excluding carboxylic acids is 1. The third kappa shape index (κ3) is 2.87. The zero-order chi connectivity index (χ0) is 13.0. The van der Waals surface area contributed by atoms with Crippen LogP contribution in [0.3, 0.4) is 0 Å². The number of carbonyl (C=O) groups is 1. The molecule has 1 saturated carbocycles. The second-order valence-electron chi connectivity index (χ2n) is 4.80. The van der Waals surface area contributed by atoms with Crippen molar-refractivity contribution in [1.82, 2.24) is 15.0 Å². The van der Waals surface area contributed by atoms with Crippen LogP contribution in [-0.2, 0) is 22.6 Å². The highest BCUT2D eigenvalue weighted by Gasteiger charge is 2.22. The van der Waals surface area contributed by atoms with E-state index in [0.29, 0.717) is 18.3 Å². The SMILES string of the molecule is COCc1c(CC(N)=O)nnn1C1CCCCC1. The van der Waals surface area contributed by atoms with Gasteiger partial charge < -0.3 is 10.5 Å². The normalized spacial score (nSPS) is 16.9. The summed E-state index contributed by atoms with van der Waals surface area (Å²) in [4.78, 5) is 11.0. The minimum atomic E-state index is -0.386. The lowest BCUT2D eigenvalue weighted by Crippen LogP contribution is -2.19. The molecule has 6 heteroatoms. The Kier molecular flexibility index (Phi) is 4.30. The molecule has 0 aromatic carbocycles. The van der Waals surface area contributed by atoms with E-state index in [1.54, 1.807) is 7.11 Å². The zero-order valence-corrected chi connectivity index (χ0v) is 10.8. The molecule has 6 nitrogen and oxygen atoms in total. The zero-order valence-electron chi connectivity index (χ0n) is 10.8. The van der Waals surface area contributed by atoms with Crippen LogP contribution in [0.2, 0.25) is 0 Å². The number of methoxy groups -OCH3 is 1. The van der Waals surface area contributed by atoms with E-state index in [-0.39, 0.29) is 12.3 Å². The number of amides is 1. The minimum absolute atomic E-state index is 0.130. The van der Waals surface area contributed by atoms with Gasteiger partial charge in [0.1, 0.15) is 0 Å². The molecular formula is C12H20N4O2. The first-order valence-corrected chi connectivity index (χ1v) is 6.42. The molecule has 0 saturated heterocycles. The van der Waals surface area contributed by atoms with Crippen LogP contribution >= 0.6 is 0 Å². The fourth-order valence-electron chi connectivity index (χ4n) is 2.55. The van der Waals surface area contributed by atoms with Crippen molar-refractivity contribution in [3.63, 3.8) is 0 Å². The van der Waals surface area contributed by atoms with Crippen molar-refractivity contribution in [2.24, 2.45) is 5.73 Å². The second kappa shape index (κ2) is 5.95. The summed E-state index contributed by atoms with van der Waals surface area (Å²) in [5.41, 5.74) is 6.76. The van der Waals surface area contributed by atoms with E-state index in [9.17, 15) is 4.79 Å². The van der Waals surface area contributed by atoms with Crippen molar-refractivity contribution in [3.05, 3.63) is 11.4 Å². The van der Waals surface area contributed by atoms with Gasteiger partial charge in [-0.15, -0.1) is 5.10 Å². The molecule has 0 aliphatic heterocycles. The molecule has 2 N–H and O–H groups in total. The Balaban J connectivity index is 2.22. The molecule has 0 spiro atoms. The van der Waals surface area contributed by atoms with Crippen LogP contribution in [-0.4, -0.2) is 28.0 Å². The Labute approximate surface area is 106 Å². The van der Waals surface area contributed by atoms with Crippen molar-refractivity contribution in [1.29, 1.82) is 0 Å². The number of aromatic nitrogens is 3. The highest BCUT2D eigenvalue weighted by atomic mass is 16.5. The summed E-state index contributed by atoms with van der Waals surface area (Å²) in [6, 6.07) is 0.387. The molecule has 2 rings (SSSR count). The Hall–Kier alpha value is -1.43. The van der Waals surface area contributed by atoms with Gasteiger partial charge in [0, 0.05) is 7.11 Å². The maximum Gasteiger partial charge on any atom is 0.223 e. The van der Waals surface area contributed by atoms with Crippen LogP contribution < -0.4 is 5.73 Å². The summed E-state index contributed by atoms with van der Waals surface area (Å²) in [5, 5.41) is 8.27. The van der Waals surface area contributed by atoms with Gasteiger partial charge in [0.05, 0.1) is 30.5 Å². The van der Waals surface area contributed by atoms with Gasteiger partial charge in [-0.2, -0.15) is 0 Å². The van der Waals surface area contributed by atoms with Crippen molar-refractivity contribution in [2.75, 3.05) is 7.11 Å². The molecule has 0 atom stereocenters. The lowest BCUT2D eigenvalue weighted by molar-refractivity contribution is -0.117. The topological polar surface area (TPSA) is 83.0 Å². The predicted octanol–water partition coefficient (Wildman–Crippen LogP) is 0.957. The third-order valence-corrected chi connectivity index (χ3v) is 3.41. The maximum absolute atomic E-state index is 11.0. The van der Waals surface area contributed by atoms with E-state index >= 15 is 0 Å². The average molecular weight is 252 g/mol. The molecule has 0 bridgehead atoms. The molecule has 1 aromatic heterocycles. The van der Waals surface area contributed by atoms with Crippen molar-refractivity contribution in [3.8, 4) is 0 Å². The summed E-state index contributed by atoms with van der Waals surface area (Å²) in [5.74, 6) is -0.386. The average Bonchev–Trinajstić information content (AvgIpc) is 2.73. The van der Waals surface area contributed by atoms with Crippen molar-refractivity contribution in [2.45, 2.75) is 51.2 Å². The van der Waals surface area contributed by atoms with Crippen LogP contribution in [0.5, 0.6) is 0 Å². The molecule has 1 aromatic rings. The number of rotatable bonds is 5. The first-order chi connectivity index (χ1) is 8.72. The monoisotopic (exact) mass is 252 g/mol. The van der Waals surface area contributed by atoms with E-state index in [2.05, 4.69) is 10.3 Å². The molecule has 1 fully saturated rings. The van der Waals surface area contributed by atoms with E-state index in [0.717, 1.165) is 18.5 Å². The van der Waals surface area contributed by atoms with Crippen LogP contribution in [0, 0.1) is 0 Å². The van der Waals surface area contributed by atoms with Gasteiger partial charge in [-0.05, 0) is 12.8 Å². The van der Waals surface area contributed by atoms with Gasteiger partial charge in [-0.1, -0.05) is 24.5 Å². The van der Waals surface area contributed by atoms with Crippen molar-refractivity contribution < 1.29 is 9.53 Å². The van der Waals surface area contributed by atoms with E-state index < -0.39 is 0 Å². The molecule has 1 aliphatic carbocycles. The number of primary amides is 1. The number of hydrogen-bond acceptors (Lipinski definition) is 4. The molecule has 0 unspecified atom stereocenters. The smallest absolute Gasteiger partial charge is 0.223 e. The molecule has 1 aliphatic rings. The Morgan fingerprint density at radius 3 is 2.78 bits per heavy atom. The fourth-order valence-corrected chi connectivity index (χ4v) is 2.55. The molecule has 1 heterocycles. The summed E-state index contributed by atoms with van der Waals surface area (Å²) in [6.45, 7) is 0.423. The van der Waals surface area contributed by atoms with Crippen LogP contribution in [0.15, 0.2) is 0 Å². The lowest BCUT2D eigenvalue weighted by Gasteiger charge is -2.23. The number of nitrogens with two attached hydrogens (primary N) is 1. The molecule has 1 amide bonds. The Morgan fingerprint density at radius 1 is 1.44 bits per heavy atom. The first kappa shape index (κ1) is 13.0. The number of ether oxygens (including phenoxy) is 1. The van der Waals surface area contributed by atoms with Gasteiger partial charge >= 0.3 is 0 Å². The van der Waals surface area contributed by atoms with Gasteiger partial charge in [0.15, 0.2) is 0 Å². The van der Waals surface area contributed by atoms with Crippen LogP contribution in [0.4, 0.5) is 0 Å². The molecule has 18 heavy (non-hydrogen) atoms. The quantitative estimate of drug-likeness (QED) is 0.846. The van der Waals surface area contributed by atoms with E-state index in [1.807, 2.05) is 4.68 Å².